The highest BCUT2D eigenvalue weighted by molar-refractivity contribution is 7.13. The van der Waals surface area contributed by atoms with Crippen molar-refractivity contribution in [3.05, 3.63) is 102 Å². The van der Waals surface area contributed by atoms with E-state index in [-0.39, 0.29) is 5.91 Å². The van der Waals surface area contributed by atoms with Crippen molar-refractivity contribution in [1.29, 1.82) is 0 Å². The van der Waals surface area contributed by atoms with Gasteiger partial charge in [0.15, 0.2) is 5.82 Å². The number of anilines is 1. The molecule has 1 amide bonds. The van der Waals surface area contributed by atoms with Crippen LogP contribution in [0.25, 0.3) is 16.3 Å². The molecule has 5 aromatic rings. The van der Waals surface area contributed by atoms with Crippen molar-refractivity contribution in [2.24, 2.45) is 0 Å². The Morgan fingerprint density at radius 2 is 1.79 bits per heavy atom. The van der Waals surface area contributed by atoms with Crippen LogP contribution in [-0.2, 0) is 0 Å². The Balaban J connectivity index is 1.21. The molecule has 0 radical (unpaired) electrons. The number of amides is 1. The summed E-state index contributed by atoms with van der Waals surface area (Å²) in [5.41, 5.74) is 2.37. The lowest BCUT2D eigenvalue weighted by Crippen LogP contribution is -2.11. The lowest BCUT2D eigenvalue weighted by Gasteiger charge is -2.08. The fraction of sp³-hybridized carbons (Fsp3) is 0.0400. The van der Waals surface area contributed by atoms with E-state index in [0.717, 1.165) is 11.4 Å². The maximum Gasteiger partial charge on any atom is 0.255 e. The molecule has 0 saturated carbocycles. The number of benzene rings is 2. The van der Waals surface area contributed by atoms with Gasteiger partial charge in [0.2, 0.25) is 5.88 Å². The number of aromatic nitrogens is 4. The molecule has 2 aromatic carbocycles. The van der Waals surface area contributed by atoms with Crippen LogP contribution in [0.3, 0.4) is 0 Å². The van der Waals surface area contributed by atoms with Crippen LogP contribution in [0.15, 0.2) is 90.6 Å². The van der Waals surface area contributed by atoms with Crippen molar-refractivity contribution in [2.75, 3.05) is 5.32 Å². The minimum atomic E-state index is -0.169. The van der Waals surface area contributed by atoms with Crippen molar-refractivity contribution in [1.82, 2.24) is 19.7 Å². The topological polar surface area (TPSA) is 81.9 Å². The smallest absolute Gasteiger partial charge is 0.255 e. The fourth-order valence-corrected chi connectivity index (χ4v) is 4.01. The normalized spacial score (nSPS) is 10.7. The first kappa shape index (κ1) is 20.6. The second-order valence-electron chi connectivity index (χ2n) is 7.21. The number of thiophene rings is 1. The molecule has 3 heterocycles. The Kier molecular flexibility index (Phi) is 5.65. The fourth-order valence-electron chi connectivity index (χ4n) is 3.28. The molecule has 0 unspecified atom stereocenters. The van der Waals surface area contributed by atoms with Gasteiger partial charge in [-0.05, 0) is 66.4 Å². The Hall–Kier alpha value is -4.30. The summed E-state index contributed by atoms with van der Waals surface area (Å²) in [6.45, 7) is 1.90. The SMILES string of the molecule is Cc1nccn1-c1ccc(Oc2ccc(NC(=O)c3ccc(-c4cccs4)cc3)cc2)nn1. The third-order valence-electron chi connectivity index (χ3n) is 4.99. The maximum atomic E-state index is 12.6. The first-order chi connectivity index (χ1) is 16.2. The summed E-state index contributed by atoms with van der Waals surface area (Å²) < 4.78 is 7.60. The van der Waals surface area contributed by atoms with Crippen LogP contribution in [0, 0.1) is 6.92 Å². The molecular formula is C25H19N5O2S. The zero-order valence-corrected chi connectivity index (χ0v) is 18.5. The molecule has 0 atom stereocenters. The van der Waals surface area contributed by atoms with Crippen molar-refractivity contribution in [3.8, 4) is 27.9 Å². The molecule has 8 heteroatoms. The predicted molar refractivity (Wildman–Crippen MR) is 128 cm³/mol. The summed E-state index contributed by atoms with van der Waals surface area (Å²) in [6, 6.07) is 22.3. The molecule has 33 heavy (non-hydrogen) atoms. The predicted octanol–water partition coefficient (Wildman–Crippen LogP) is 5.74. The zero-order chi connectivity index (χ0) is 22.6. The van der Waals surface area contributed by atoms with Gasteiger partial charge in [-0.15, -0.1) is 21.5 Å². The molecular weight excluding hydrogens is 434 g/mol. The average molecular weight is 454 g/mol. The minimum Gasteiger partial charge on any atom is -0.438 e. The Bertz CT molecular complexity index is 1360. The second kappa shape index (κ2) is 9.05. The molecule has 0 bridgehead atoms. The van der Waals surface area contributed by atoms with Crippen LogP contribution < -0.4 is 10.1 Å². The van der Waals surface area contributed by atoms with Gasteiger partial charge in [-0.25, -0.2) is 4.98 Å². The number of nitrogens with one attached hydrogen (secondary N) is 1. The Labute approximate surface area is 194 Å². The number of nitrogens with zero attached hydrogens (tertiary/aromatic N) is 4. The number of carbonyl (C=O) groups excluding carboxylic acids is 1. The van der Waals surface area contributed by atoms with E-state index < -0.39 is 0 Å². The molecule has 0 spiro atoms. The summed E-state index contributed by atoms with van der Waals surface area (Å²) >= 11 is 1.67. The number of aryl methyl sites for hydroxylation is 1. The lowest BCUT2D eigenvalue weighted by atomic mass is 10.1. The summed E-state index contributed by atoms with van der Waals surface area (Å²) in [5.74, 6) is 2.29. The minimum absolute atomic E-state index is 0.169. The molecule has 0 fully saturated rings. The molecule has 5 rings (SSSR count). The molecule has 0 saturated heterocycles. The molecule has 3 aromatic heterocycles. The van der Waals surface area contributed by atoms with Gasteiger partial charge in [-0.1, -0.05) is 18.2 Å². The Morgan fingerprint density at radius 3 is 2.42 bits per heavy atom. The number of rotatable bonds is 6. The van der Waals surface area contributed by atoms with Gasteiger partial charge in [0, 0.05) is 34.6 Å². The van der Waals surface area contributed by atoms with Crippen LogP contribution in [-0.4, -0.2) is 25.7 Å². The maximum absolute atomic E-state index is 12.6. The molecule has 0 aliphatic rings. The van der Waals surface area contributed by atoms with Gasteiger partial charge in [-0.2, -0.15) is 0 Å². The highest BCUT2D eigenvalue weighted by atomic mass is 32.1. The van der Waals surface area contributed by atoms with E-state index in [2.05, 4.69) is 26.6 Å². The number of imidazole rings is 1. The first-order valence-electron chi connectivity index (χ1n) is 10.2. The second-order valence-corrected chi connectivity index (χ2v) is 8.16. The van der Waals surface area contributed by atoms with Crippen LogP contribution >= 0.6 is 11.3 Å². The highest BCUT2D eigenvalue weighted by Crippen LogP contribution is 2.25. The highest BCUT2D eigenvalue weighted by Gasteiger charge is 2.08. The van der Waals surface area contributed by atoms with Crippen molar-refractivity contribution in [2.45, 2.75) is 6.92 Å². The number of hydrogen-bond acceptors (Lipinski definition) is 6. The van der Waals surface area contributed by atoms with Crippen LogP contribution in [0.1, 0.15) is 16.2 Å². The Morgan fingerprint density at radius 1 is 0.970 bits per heavy atom. The largest absolute Gasteiger partial charge is 0.438 e. The number of ether oxygens (including phenoxy) is 1. The number of hydrogen-bond donors (Lipinski definition) is 1. The quantitative estimate of drug-likeness (QED) is 0.354. The van der Waals surface area contributed by atoms with Gasteiger partial charge in [0.25, 0.3) is 5.91 Å². The van der Waals surface area contributed by atoms with E-state index in [1.54, 1.807) is 47.9 Å². The van der Waals surface area contributed by atoms with Crippen molar-refractivity contribution >= 4 is 22.9 Å². The third kappa shape index (κ3) is 4.65. The van der Waals surface area contributed by atoms with E-state index >= 15 is 0 Å². The van der Waals surface area contributed by atoms with Crippen LogP contribution in [0.2, 0.25) is 0 Å². The third-order valence-corrected chi connectivity index (χ3v) is 5.90. The summed E-state index contributed by atoms with van der Waals surface area (Å²) in [7, 11) is 0. The zero-order valence-electron chi connectivity index (χ0n) is 17.7. The van der Waals surface area contributed by atoms with Crippen LogP contribution in [0.5, 0.6) is 11.6 Å². The van der Waals surface area contributed by atoms with Gasteiger partial charge in [0.05, 0.1) is 0 Å². The molecule has 0 aliphatic heterocycles. The van der Waals surface area contributed by atoms with Crippen molar-refractivity contribution < 1.29 is 9.53 Å². The average Bonchev–Trinajstić information content (AvgIpc) is 3.53. The van der Waals surface area contributed by atoms with E-state index in [1.807, 2.05) is 59.5 Å². The molecule has 162 valence electrons. The summed E-state index contributed by atoms with van der Waals surface area (Å²) in [6.07, 6.45) is 3.53. The standard InChI is InChI=1S/C25H19N5O2S/c1-17-26-14-15-30(17)23-12-13-24(29-28-23)32-21-10-8-20(9-11-21)27-25(31)19-6-4-18(5-7-19)22-3-2-16-33-22/h2-16H,1H3,(H,27,31). The van der Waals surface area contributed by atoms with Gasteiger partial charge >= 0.3 is 0 Å². The first-order valence-corrected chi connectivity index (χ1v) is 11.1. The van der Waals surface area contributed by atoms with Crippen molar-refractivity contribution in [3.63, 3.8) is 0 Å². The van der Waals surface area contributed by atoms with E-state index in [0.29, 0.717) is 28.7 Å². The van der Waals surface area contributed by atoms with Gasteiger partial charge < -0.3 is 10.1 Å². The van der Waals surface area contributed by atoms with Gasteiger partial charge in [0.1, 0.15) is 11.6 Å². The van der Waals surface area contributed by atoms with Gasteiger partial charge in [-0.3, -0.25) is 9.36 Å². The summed E-state index contributed by atoms with van der Waals surface area (Å²) in [5, 5.41) is 13.2. The monoisotopic (exact) mass is 453 g/mol. The lowest BCUT2D eigenvalue weighted by molar-refractivity contribution is 0.102. The van der Waals surface area contributed by atoms with E-state index in [4.69, 9.17) is 4.74 Å². The number of carbonyl (C=O) groups is 1. The van der Waals surface area contributed by atoms with Crippen LogP contribution in [0.4, 0.5) is 5.69 Å². The van der Waals surface area contributed by atoms with E-state index in [9.17, 15) is 4.79 Å². The molecule has 0 aliphatic carbocycles. The molecule has 1 N–H and O–H groups in total. The summed E-state index contributed by atoms with van der Waals surface area (Å²) in [4.78, 5) is 17.9. The van der Waals surface area contributed by atoms with E-state index in [1.165, 1.54) is 4.88 Å². The molecule has 7 nitrogen and oxygen atoms in total.